The number of hydrogen-bond donors (Lipinski definition) is 5. The number of carbonyl (C=O) groups is 4. The Morgan fingerprint density at radius 1 is 0.972 bits per heavy atom. The van der Waals surface area contributed by atoms with Crippen molar-refractivity contribution in [3.63, 3.8) is 0 Å². The summed E-state index contributed by atoms with van der Waals surface area (Å²) in [7, 11) is 0. The van der Waals surface area contributed by atoms with Gasteiger partial charge in [-0.05, 0) is 30.7 Å². The van der Waals surface area contributed by atoms with Crippen molar-refractivity contribution in [2.24, 2.45) is 0 Å². The van der Waals surface area contributed by atoms with Gasteiger partial charge in [-0.15, -0.1) is 0 Å². The number of fused-ring (bicyclic) bond motifs is 2. The number of aryl methyl sites for hydroxylation is 1. The van der Waals surface area contributed by atoms with Crippen LogP contribution in [-0.4, -0.2) is 86.4 Å². The van der Waals surface area contributed by atoms with E-state index in [0.29, 0.717) is 5.56 Å². The normalized spacial score (nSPS) is 25.1. The Kier molecular flexibility index (Phi) is 6.78. The summed E-state index contributed by atoms with van der Waals surface area (Å²) < 4.78 is 15.9. The smallest absolute Gasteiger partial charge is 0.317 e. The number of benzene rings is 2. The molecule has 5 N–H and O–H groups in total. The molecule has 0 aromatic heterocycles. The van der Waals surface area contributed by atoms with E-state index < -0.39 is 67.2 Å². The Bertz CT molecular complexity index is 1250. The van der Waals surface area contributed by atoms with E-state index in [1.165, 1.54) is 30.3 Å². The average molecular weight is 502 g/mol. The molecule has 2 aliphatic rings. The van der Waals surface area contributed by atoms with Gasteiger partial charge in [0.15, 0.2) is 5.78 Å². The predicted molar refractivity (Wildman–Crippen MR) is 117 cm³/mol. The summed E-state index contributed by atoms with van der Waals surface area (Å²) in [6.45, 7) is 0.992. The van der Waals surface area contributed by atoms with Crippen molar-refractivity contribution in [2.45, 2.75) is 44.1 Å². The third-order valence-electron chi connectivity index (χ3n) is 5.85. The number of carbonyl (C=O) groups excluding carboxylic acids is 3. The van der Waals surface area contributed by atoms with Crippen LogP contribution in [0.1, 0.15) is 43.8 Å². The largest absolute Gasteiger partial charge is 0.507 e. The maximum absolute atomic E-state index is 13.3. The van der Waals surface area contributed by atoms with E-state index in [-0.39, 0.29) is 33.8 Å². The molecule has 0 bridgehead atoms. The van der Waals surface area contributed by atoms with Gasteiger partial charge < -0.3 is 39.7 Å². The van der Waals surface area contributed by atoms with Crippen LogP contribution in [-0.2, 0) is 19.1 Å². The van der Waals surface area contributed by atoms with E-state index in [9.17, 15) is 39.6 Å². The molecule has 190 valence electrons. The monoisotopic (exact) mass is 502 g/mol. The van der Waals surface area contributed by atoms with E-state index in [4.69, 9.17) is 19.3 Å². The number of ketones is 2. The first kappa shape index (κ1) is 25.3. The van der Waals surface area contributed by atoms with E-state index in [2.05, 4.69) is 0 Å². The van der Waals surface area contributed by atoms with Crippen LogP contribution in [0.25, 0.3) is 0 Å². The van der Waals surface area contributed by atoms with Gasteiger partial charge in [0.05, 0.1) is 11.1 Å². The summed E-state index contributed by atoms with van der Waals surface area (Å²) >= 11 is 0. The summed E-state index contributed by atoms with van der Waals surface area (Å²) in [6, 6.07) is 6.95. The first-order valence-electron chi connectivity index (χ1n) is 10.8. The first-order chi connectivity index (χ1) is 17.0. The molecule has 0 amide bonds. The average Bonchev–Trinajstić information content (AvgIpc) is 2.81. The molecule has 36 heavy (non-hydrogen) atoms. The van der Waals surface area contributed by atoms with Crippen molar-refractivity contribution in [3.05, 3.63) is 58.1 Å². The molecular weight excluding hydrogens is 480 g/mol. The number of aliphatic carboxylic acids is 1. The fourth-order valence-corrected chi connectivity index (χ4v) is 4.13. The number of aliphatic hydroxyl groups excluding tert-OH is 3. The van der Waals surface area contributed by atoms with Crippen molar-refractivity contribution in [3.8, 4) is 11.5 Å². The number of carboxylic acids is 1. The molecule has 0 saturated carbocycles. The fraction of sp³-hybridized carbons (Fsp3) is 0.333. The Morgan fingerprint density at radius 2 is 1.69 bits per heavy atom. The second-order valence-electron chi connectivity index (χ2n) is 8.43. The number of carboxylic acid groups (broad SMARTS) is 1. The molecule has 1 aliphatic carbocycles. The fourth-order valence-electron chi connectivity index (χ4n) is 4.13. The third-order valence-corrected chi connectivity index (χ3v) is 5.85. The van der Waals surface area contributed by atoms with Crippen molar-refractivity contribution in [2.75, 3.05) is 6.61 Å². The van der Waals surface area contributed by atoms with E-state index in [1.54, 1.807) is 6.92 Å². The quantitative estimate of drug-likeness (QED) is 0.218. The number of phenolic OH excluding ortho intramolecular Hbond substituents is 1. The van der Waals surface area contributed by atoms with Gasteiger partial charge in [-0.2, -0.15) is 0 Å². The second-order valence-corrected chi connectivity index (χ2v) is 8.43. The zero-order valence-corrected chi connectivity index (χ0v) is 18.8. The highest BCUT2D eigenvalue weighted by Gasteiger charge is 2.46. The molecule has 12 heteroatoms. The SMILES string of the molecule is Cc1cc(O)c2c(c1)C(=O)c1cccc(O[C@H]3O[C@@H](COC(=O)CC(=O)O)[C@@H](O)[C@@H](O)[C@H]3O)c1C2=O. The van der Waals surface area contributed by atoms with Gasteiger partial charge in [-0.1, -0.05) is 12.1 Å². The van der Waals surface area contributed by atoms with Gasteiger partial charge in [0.25, 0.3) is 0 Å². The summed E-state index contributed by atoms with van der Waals surface area (Å²) in [5, 5.41) is 49.8. The van der Waals surface area contributed by atoms with Crippen LogP contribution in [0.15, 0.2) is 30.3 Å². The lowest BCUT2D eigenvalue weighted by atomic mass is 9.82. The van der Waals surface area contributed by atoms with Crippen molar-refractivity contribution < 1.29 is 58.9 Å². The molecule has 0 unspecified atom stereocenters. The van der Waals surface area contributed by atoms with E-state index >= 15 is 0 Å². The lowest BCUT2D eigenvalue weighted by molar-refractivity contribution is -0.278. The van der Waals surface area contributed by atoms with Crippen LogP contribution in [0.3, 0.4) is 0 Å². The summed E-state index contributed by atoms with van der Waals surface area (Å²) in [5.41, 5.74) is 0.176. The van der Waals surface area contributed by atoms with E-state index in [1.807, 2.05) is 0 Å². The maximum Gasteiger partial charge on any atom is 0.317 e. The molecule has 1 fully saturated rings. The minimum Gasteiger partial charge on any atom is -0.507 e. The maximum atomic E-state index is 13.3. The molecule has 2 aromatic rings. The standard InChI is InChI=1S/C24H22O12/c1-9-5-11-17(12(25)6-9)21(31)18-10(19(11)29)3-2-4-13(18)35-24-23(33)22(32)20(30)14(36-24)8-34-16(28)7-15(26)27/h2-6,14,20,22-25,30,32-33H,7-8H2,1H3,(H,26,27)/t14-,20+,22+,23+,24-/m0/s1. The highest BCUT2D eigenvalue weighted by atomic mass is 16.7. The van der Waals surface area contributed by atoms with Gasteiger partial charge >= 0.3 is 11.9 Å². The highest BCUT2D eigenvalue weighted by molar-refractivity contribution is 6.30. The molecule has 1 aliphatic heterocycles. The molecule has 12 nitrogen and oxygen atoms in total. The Morgan fingerprint density at radius 3 is 2.39 bits per heavy atom. The van der Waals surface area contributed by atoms with Crippen LogP contribution in [0, 0.1) is 6.92 Å². The molecule has 2 aromatic carbocycles. The van der Waals surface area contributed by atoms with Crippen molar-refractivity contribution >= 4 is 23.5 Å². The zero-order valence-electron chi connectivity index (χ0n) is 18.8. The van der Waals surface area contributed by atoms with Crippen molar-refractivity contribution in [1.82, 2.24) is 0 Å². The predicted octanol–water partition coefficient (Wildman–Crippen LogP) is -0.320. The van der Waals surface area contributed by atoms with Gasteiger partial charge in [0, 0.05) is 11.1 Å². The summed E-state index contributed by atoms with van der Waals surface area (Å²) in [6.07, 6.45) is -9.41. The lowest BCUT2D eigenvalue weighted by Gasteiger charge is -2.40. The number of phenols is 1. The number of aromatic hydroxyl groups is 1. The summed E-state index contributed by atoms with van der Waals surface area (Å²) in [5.74, 6) is -4.39. The minimum absolute atomic E-state index is 0.0139. The molecule has 4 rings (SSSR count). The lowest BCUT2D eigenvalue weighted by Crippen LogP contribution is -2.60. The minimum atomic E-state index is -1.82. The zero-order chi connectivity index (χ0) is 26.3. The Hall–Kier alpha value is -3.84. The number of esters is 1. The molecule has 5 atom stereocenters. The third kappa shape index (κ3) is 4.54. The van der Waals surface area contributed by atoms with Crippen LogP contribution in [0.2, 0.25) is 0 Å². The summed E-state index contributed by atoms with van der Waals surface area (Å²) in [4.78, 5) is 48.5. The van der Waals surface area contributed by atoms with Crippen LogP contribution < -0.4 is 4.74 Å². The van der Waals surface area contributed by atoms with Crippen LogP contribution in [0.5, 0.6) is 11.5 Å². The number of aliphatic hydroxyl groups is 3. The molecule has 0 radical (unpaired) electrons. The molecule has 1 saturated heterocycles. The van der Waals surface area contributed by atoms with E-state index in [0.717, 1.165) is 0 Å². The topological polar surface area (TPSA) is 197 Å². The number of ether oxygens (including phenoxy) is 3. The number of rotatable bonds is 6. The first-order valence-corrected chi connectivity index (χ1v) is 10.8. The van der Waals surface area contributed by atoms with Gasteiger partial charge in [-0.3, -0.25) is 19.2 Å². The molecule has 1 heterocycles. The van der Waals surface area contributed by atoms with Crippen LogP contribution in [0.4, 0.5) is 0 Å². The second kappa shape index (κ2) is 9.66. The molecular formula is C24H22O12. The Balaban J connectivity index is 1.61. The van der Waals surface area contributed by atoms with Crippen LogP contribution >= 0.6 is 0 Å². The number of hydrogen-bond acceptors (Lipinski definition) is 11. The van der Waals surface area contributed by atoms with Gasteiger partial charge in [0.2, 0.25) is 12.1 Å². The highest BCUT2D eigenvalue weighted by Crippen LogP contribution is 2.38. The molecule has 0 spiro atoms. The van der Waals surface area contributed by atoms with Crippen molar-refractivity contribution in [1.29, 1.82) is 0 Å². The van der Waals surface area contributed by atoms with Gasteiger partial charge in [-0.25, -0.2) is 0 Å². The van der Waals surface area contributed by atoms with Gasteiger partial charge in [0.1, 0.15) is 48.9 Å². The Labute approximate surface area is 203 Å².